The van der Waals surface area contributed by atoms with Gasteiger partial charge in [-0.25, -0.2) is 9.37 Å². The summed E-state index contributed by atoms with van der Waals surface area (Å²) < 4.78 is 12.8. The van der Waals surface area contributed by atoms with Crippen LogP contribution in [0.25, 0.3) is 0 Å². The first-order valence-electron chi connectivity index (χ1n) is 3.93. The van der Waals surface area contributed by atoms with E-state index in [1.54, 1.807) is 0 Å². The summed E-state index contributed by atoms with van der Waals surface area (Å²) in [6.45, 7) is 1.41. The van der Waals surface area contributed by atoms with E-state index >= 15 is 0 Å². The molecule has 1 heterocycles. The van der Waals surface area contributed by atoms with Crippen molar-refractivity contribution in [2.75, 3.05) is 0 Å². The van der Waals surface area contributed by atoms with Crippen LogP contribution in [-0.2, 0) is 6.42 Å². The first kappa shape index (κ1) is 11.2. The smallest absolute Gasteiger partial charge is 0.148 e. The second-order valence-corrected chi connectivity index (χ2v) is 3.61. The number of hydrogen-bond acceptors (Lipinski definition) is 2. The van der Waals surface area contributed by atoms with Gasteiger partial charge in [0.05, 0.1) is 5.56 Å². The molecule has 0 aliphatic carbocycles. The lowest BCUT2D eigenvalue weighted by Crippen LogP contribution is -2.02. The molecular weight excluding hydrogens is 226 g/mol. The van der Waals surface area contributed by atoms with Gasteiger partial charge in [0, 0.05) is 6.42 Å². The Bertz CT molecular complexity index is 385. The second kappa shape index (κ2) is 4.59. The number of hydrogen-bond donors (Lipinski definition) is 0. The lowest BCUT2D eigenvalue weighted by molar-refractivity contribution is 0.360. The third-order valence-electron chi connectivity index (χ3n) is 1.64. The van der Waals surface area contributed by atoms with E-state index in [1.165, 1.54) is 13.0 Å². The van der Waals surface area contributed by atoms with Crippen LogP contribution in [0.5, 0.6) is 0 Å². The number of rotatable bonds is 2. The van der Waals surface area contributed by atoms with E-state index in [0.29, 0.717) is 5.56 Å². The molecule has 0 bridgehead atoms. The quantitative estimate of drug-likeness (QED) is 0.735. The molecule has 1 unspecified atom stereocenters. The van der Waals surface area contributed by atoms with Gasteiger partial charge in [-0.1, -0.05) is 23.2 Å². The van der Waals surface area contributed by atoms with Crippen LogP contribution in [0.2, 0.25) is 10.3 Å². The molecule has 1 atom stereocenters. The lowest BCUT2D eigenvalue weighted by Gasteiger charge is -2.06. The van der Waals surface area contributed by atoms with E-state index in [-0.39, 0.29) is 22.3 Å². The molecular formula is C9H7Cl2FN2. The molecule has 0 N–H and O–H groups in total. The molecule has 1 aromatic heterocycles. The minimum Gasteiger partial charge on any atom is -0.247 e. The molecule has 1 aromatic rings. The highest BCUT2D eigenvalue weighted by molar-refractivity contribution is 6.33. The van der Waals surface area contributed by atoms with Gasteiger partial charge >= 0.3 is 0 Å². The predicted molar refractivity (Wildman–Crippen MR) is 53.2 cm³/mol. The number of nitrogens with zero attached hydrogens (tertiary/aromatic N) is 2. The van der Waals surface area contributed by atoms with E-state index in [9.17, 15) is 4.39 Å². The Morgan fingerprint density at radius 2 is 2.29 bits per heavy atom. The van der Waals surface area contributed by atoms with Crippen LogP contribution in [0.4, 0.5) is 4.39 Å². The van der Waals surface area contributed by atoms with Crippen molar-refractivity contribution in [2.24, 2.45) is 0 Å². The molecule has 0 spiro atoms. The maximum absolute atomic E-state index is 12.8. The normalized spacial score (nSPS) is 12.2. The van der Waals surface area contributed by atoms with Gasteiger partial charge in [-0.05, 0) is 18.6 Å². The number of pyridine rings is 1. The van der Waals surface area contributed by atoms with E-state index in [4.69, 9.17) is 28.5 Å². The minimum atomic E-state index is -1.04. The van der Waals surface area contributed by atoms with E-state index < -0.39 is 6.17 Å². The minimum absolute atomic E-state index is 0.0238. The third-order valence-corrected chi connectivity index (χ3v) is 2.11. The first-order chi connectivity index (χ1) is 6.54. The number of halogens is 3. The highest BCUT2D eigenvalue weighted by atomic mass is 35.5. The van der Waals surface area contributed by atoms with Crippen molar-refractivity contribution in [2.45, 2.75) is 19.5 Å². The largest absolute Gasteiger partial charge is 0.247 e. The van der Waals surface area contributed by atoms with Gasteiger partial charge in [0.15, 0.2) is 0 Å². The first-order valence-corrected chi connectivity index (χ1v) is 4.69. The summed E-state index contributed by atoms with van der Waals surface area (Å²) in [5.41, 5.74) is 0.688. The standard InChI is InChI=1S/C9H7Cl2FN2/c1-5(12)2-6-3-8(10)14-9(11)7(6)4-13/h3,5H,2H2,1H3. The van der Waals surface area contributed by atoms with Crippen molar-refractivity contribution >= 4 is 23.2 Å². The fraction of sp³-hybridized carbons (Fsp3) is 0.333. The maximum atomic E-state index is 12.8. The van der Waals surface area contributed by atoms with Gasteiger partial charge in [0.25, 0.3) is 0 Å². The van der Waals surface area contributed by atoms with Crippen molar-refractivity contribution in [1.29, 1.82) is 5.26 Å². The van der Waals surface area contributed by atoms with Gasteiger partial charge in [-0.15, -0.1) is 0 Å². The number of nitriles is 1. The van der Waals surface area contributed by atoms with Crippen LogP contribution in [0.3, 0.4) is 0 Å². The van der Waals surface area contributed by atoms with Crippen LogP contribution < -0.4 is 0 Å². The third kappa shape index (κ3) is 2.57. The Hall–Kier alpha value is -0.850. The van der Waals surface area contributed by atoms with Crippen LogP contribution in [0.15, 0.2) is 6.07 Å². The Labute approximate surface area is 91.3 Å². The Kier molecular flexibility index (Phi) is 3.68. The highest BCUT2D eigenvalue weighted by Gasteiger charge is 2.12. The van der Waals surface area contributed by atoms with Gasteiger partial charge in [0.2, 0.25) is 0 Å². The molecule has 0 radical (unpaired) electrons. The van der Waals surface area contributed by atoms with Gasteiger partial charge in [-0.2, -0.15) is 5.26 Å². The molecule has 1 rings (SSSR count). The summed E-state index contributed by atoms with van der Waals surface area (Å²) in [5, 5.41) is 8.96. The zero-order valence-corrected chi connectivity index (χ0v) is 8.90. The lowest BCUT2D eigenvalue weighted by atomic mass is 10.1. The van der Waals surface area contributed by atoms with Crippen molar-refractivity contribution in [1.82, 2.24) is 4.98 Å². The molecule has 0 saturated heterocycles. The van der Waals surface area contributed by atoms with E-state index in [2.05, 4.69) is 4.98 Å². The van der Waals surface area contributed by atoms with Crippen molar-refractivity contribution < 1.29 is 4.39 Å². The van der Waals surface area contributed by atoms with Crippen molar-refractivity contribution in [3.8, 4) is 6.07 Å². The molecule has 0 fully saturated rings. The summed E-state index contributed by atoms with van der Waals surface area (Å²) in [6, 6.07) is 3.34. The fourth-order valence-corrected chi connectivity index (χ4v) is 1.63. The van der Waals surface area contributed by atoms with Crippen molar-refractivity contribution in [3.05, 3.63) is 27.5 Å². The second-order valence-electron chi connectivity index (χ2n) is 2.87. The Balaban J connectivity index is 3.20. The molecule has 0 aliphatic rings. The topological polar surface area (TPSA) is 36.7 Å². The molecule has 5 heteroatoms. The molecule has 0 aromatic carbocycles. The average molecular weight is 233 g/mol. The van der Waals surface area contributed by atoms with Crippen LogP contribution >= 0.6 is 23.2 Å². The van der Waals surface area contributed by atoms with Crippen LogP contribution in [0.1, 0.15) is 18.1 Å². The summed E-state index contributed by atoms with van der Waals surface area (Å²) in [5.74, 6) is 0. The summed E-state index contributed by atoms with van der Waals surface area (Å²) >= 11 is 11.3. The highest BCUT2D eigenvalue weighted by Crippen LogP contribution is 2.22. The fourth-order valence-electron chi connectivity index (χ4n) is 1.11. The summed E-state index contributed by atoms with van der Waals surface area (Å²) in [6.07, 6.45) is -0.929. The Morgan fingerprint density at radius 1 is 1.64 bits per heavy atom. The van der Waals surface area contributed by atoms with Gasteiger partial charge in [0.1, 0.15) is 22.5 Å². The molecule has 74 valence electrons. The van der Waals surface area contributed by atoms with Gasteiger partial charge in [-0.3, -0.25) is 0 Å². The van der Waals surface area contributed by atoms with Crippen LogP contribution in [-0.4, -0.2) is 11.2 Å². The maximum Gasteiger partial charge on any atom is 0.148 e. The SMILES string of the molecule is CC(F)Cc1cc(Cl)nc(Cl)c1C#N. The monoisotopic (exact) mass is 232 g/mol. The zero-order valence-electron chi connectivity index (χ0n) is 7.39. The summed E-state index contributed by atoms with van der Waals surface area (Å²) in [7, 11) is 0. The van der Waals surface area contributed by atoms with Crippen molar-refractivity contribution in [3.63, 3.8) is 0 Å². The molecule has 14 heavy (non-hydrogen) atoms. The zero-order chi connectivity index (χ0) is 10.7. The van der Waals surface area contributed by atoms with E-state index in [0.717, 1.165) is 0 Å². The molecule has 2 nitrogen and oxygen atoms in total. The Morgan fingerprint density at radius 3 is 2.79 bits per heavy atom. The molecule has 0 saturated carbocycles. The number of alkyl halides is 1. The summed E-state index contributed by atoms with van der Waals surface area (Å²) in [4.78, 5) is 3.70. The van der Waals surface area contributed by atoms with E-state index in [1.807, 2.05) is 6.07 Å². The average Bonchev–Trinajstić information content (AvgIpc) is 2.01. The molecule has 0 amide bonds. The molecule has 0 aliphatic heterocycles. The van der Waals surface area contributed by atoms with Crippen LogP contribution in [0, 0.1) is 11.3 Å². The predicted octanol–water partition coefficient (Wildman–Crippen LogP) is 3.16. The van der Waals surface area contributed by atoms with Gasteiger partial charge < -0.3 is 0 Å². The number of aromatic nitrogens is 1.